The molecule has 1 N–H and O–H groups in total. The van der Waals surface area contributed by atoms with Crippen molar-refractivity contribution in [1.82, 2.24) is 5.32 Å². The van der Waals surface area contributed by atoms with Crippen LogP contribution in [0.5, 0.6) is 0 Å². The summed E-state index contributed by atoms with van der Waals surface area (Å²) >= 11 is 0. The lowest BCUT2D eigenvalue weighted by Crippen LogP contribution is -2.42. The van der Waals surface area contributed by atoms with Gasteiger partial charge in [0.15, 0.2) is 0 Å². The summed E-state index contributed by atoms with van der Waals surface area (Å²) in [5, 5.41) is 2.65. The van der Waals surface area contributed by atoms with Crippen molar-refractivity contribution in [3.05, 3.63) is 48.3 Å². The summed E-state index contributed by atoms with van der Waals surface area (Å²) in [6.07, 6.45) is 3.85. The number of amides is 1. The highest BCUT2D eigenvalue weighted by Gasteiger charge is 2.20. The van der Waals surface area contributed by atoms with E-state index in [1.807, 2.05) is 0 Å². The zero-order valence-corrected chi connectivity index (χ0v) is 12.1. The average Bonchev–Trinajstić information content (AvgIpc) is 2.48. The monoisotopic (exact) mass is 293 g/mol. The number of halogens is 1. The smallest absolute Gasteiger partial charge is 0.328 e. The van der Waals surface area contributed by atoms with Crippen LogP contribution in [0.25, 0.3) is 0 Å². The predicted octanol–water partition coefficient (Wildman–Crippen LogP) is 2.38. The van der Waals surface area contributed by atoms with Gasteiger partial charge in [0.25, 0.3) is 0 Å². The number of ether oxygens (including phenoxy) is 1. The number of allylic oxidation sites excluding steroid dienone is 1. The van der Waals surface area contributed by atoms with Crippen LogP contribution >= 0.6 is 0 Å². The third-order valence-electron chi connectivity index (χ3n) is 3.00. The summed E-state index contributed by atoms with van der Waals surface area (Å²) in [5.74, 6) is -1.11. The molecule has 1 rings (SSSR count). The maximum Gasteiger partial charge on any atom is 0.328 e. The van der Waals surface area contributed by atoms with Crippen LogP contribution < -0.4 is 5.32 Å². The SMILES string of the molecule is C=CCCC[C@@H](NC(=O)Cc1ccc(F)cc1)C(=O)OC. The molecule has 0 saturated heterocycles. The van der Waals surface area contributed by atoms with Crippen molar-refractivity contribution in [3.8, 4) is 0 Å². The van der Waals surface area contributed by atoms with Crippen molar-refractivity contribution < 1.29 is 18.7 Å². The van der Waals surface area contributed by atoms with Gasteiger partial charge in [-0.25, -0.2) is 9.18 Å². The Morgan fingerprint density at radius 2 is 2.05 bits per heavy atom. The number of hydrogen-bond donors (Lipinski definition) is 1. The van der Waals surface area contributed by atoms with E-state index in [0.29, 0.717) is 12.0 Å². The van der Waals surface area contributed by atoms with Crippen LogP contribution in [0, 0.1) is 5.82 Å². The van der Waals surface area contributed by atoms with E-state index in [-0.39, 0.29) is 18.1 Å². The van der Waals surface area contributed by atoms with Gasteiger partial charge in [-0.1, -0.05) is 18.2 Å². The van der Waals surface area contributed by atoms with E-state index < -0.39 is 12.0 Å². The fraction of sp³-hybridized carbons (Fsp3) is 0.375. The predicted molar refractivity (Wildman–Crippen MR) is 78.1 cm³/mol. The van der Waals surface area contributed by atoms with Crippen molar-refractivity contribution in [2.45, 2.75) is 31.7 Å². The summed E-state index contributed by atoms with van der Waals surface area (Å²) in [6.45, 7) is 3.61. The molecule has 4 nitrogen and oxygen atoms in total. The zero-order chi connectivity index (χ0) is 15.7. The number of benzene rings is 1. The van der Waals surface area contributed by atoms with Crippen LogP contribution in [0.1, 0.15) is 24.8 Å². The normalized spacial score (nSPS) is 11.5. The molecule has 0 unspecified atom stereocenters. The van der Waals surface area contributed by atoms with Gasteiger partial charge in [0.2, 0.25) is 5.91 Å². The first kappa shape index (κ1) is 16.9. The molecule has 5 heteroatoms. The molecule has 1 atom stereocenters. The summed E-state index contributed by atoms with van der Waals surface area (Å²) in [7, 11) is 1.29. The molecule has 0 aliphatic heterocycles. The summed E-state index contributed by atoms with van der Waals surface area (Å²) in [5.41, 5.74) is 0.684. The summed E-state index contributed by atoms with van der Waals surface area (Å²) < 4.78 is 17.5. The van der Waals surface area contributed by atoms with Crippen molar-refractivity contribution in [2.24, 2.45) is 0 Å². The maximum atomic E-state index is 12.8. The number of hydrogen-bond acceptors (Lipinski definition) is 3. The van der Waals surface area contributed by atoms with E-state index in [2.05, 4.69) is 16.6 Å². The molecule has 0 heterocycles. The van der Waals surface area contributed by atoms with Gasteiger partial charge in [0.05, 0.1) is 13.5 Å². The van der Waals surface area contributed by atoms with Gasteiger partial charge in [-0.15, -0.1) is 6.58 Å². The molecule has 0 spiro atoms. The number of esters is 1. The lowest BCUT2D eigenvalue weighted by Gasteiger charge is -2.16. The molecular weight excluding hydrogens is 273 g/mol. The van der Waals surface area contributed by atoms with Crippen molar-refractivity contribution in [1.29, 1.82) is 0 Å². The minimum atomic E-state index is -0.664. The fourth-order valence-corrected chi connectivity index (χ4v) is 1.89. The summed E-state index contributed by atoms with van der Waals surface area (Å²) in [4.78, 5) is 23.6. The molecule has 1 amide bonds. The molecule has 0 aliphatic rings. The average molecular weight is 293 g/mol. The molecule has 0 radical (unpaired) electrons. The van der Waals surface area contributed by atoms with E-state index in [1.54, 1.807) is 18.2 Å². The first-order valence-electron chi connectivity index (χ1n) is 6.79. The third kappa shape index (κ3) is 6.21. The highest BCUT2D eigenvalue weighted by atomic mass is 19.1. The Bertz CT molecular complexity index is 485. The number of carbonyl (C=O) groups is 2. The van der Waals surface area contributed by atoms with Crippen LogP contribution in [-0.4, -0.2) is 25.0 Å². The van der Waals surface area contributed by atoms with E-state index in [9.17, 15) is 14.0 Å². The van der Waals surface area contributed by atoms with Gasteiger partial charge >= 0.3 is 5.97 Å². The Morgan fingerprint density at radius 3 is 2.62 bits per heavy atom. The fourth-order valence-electron chi connectivity index (χ4n) is 1.89. The minimum absolute atomic E-state index is 0.0925. The number of rotatable bonds is 8. The standard InChI is InChI=1S/C16H20FNO3/c1-3-4-5-6-14(16(20)21-2)18-15(19)11-12-7-9-13(17)10-8-12/h3,7-10,14H,1,4-6,11H2,2H3,(H,18,19)/t14-/m1/s1. The van der Waals surface area contributed by atoms with Gasteiger partial charge < -0.3 is 10.1 Å². The van der Waals surface area contributed by atoms with Crippen LogP contribution in [0.15, 0.2) is 36.9 Å². The summed E-state index contributed by atoms with van der Waals surface area (Å²) in [6, 6.07) is 5.01. The molecule has 0 saturated carbocycles. The molecule has 114 valence electrons. The highest BCUT2D eigenvalue weighted by Crippen LogP contribution is 2.06. The Labute approximate surface area is 124 Å². The second kappa shape index (κ2) is 8.89. The molecule has 0 bridgehead atoms. The lowest BCUT2D eigenvalue weighted by atomic mass is 10.1. The lowest BCUT2D eigenvalue weighted by molar-refractivity contribution is -0.145. The van der Waals surface area contributed by atoms with Gasteiger partial charge in [-0.2, -0.15) is 0 Å². The van der Waals surface area contributed by atoms with E-state index in [4.69, 9.17) is 0 Å². The van der Waals surface area contributed by atoms with Gasteiger partial charge in [-0.3, -0.25) is 4.79 Å². The largest absolute Gasteiger partial charge is 0.467 e. The Morgan fingerprint density at radius 1 is 1.38 bits per heavy atom. The molecule has 1 aromatic rings. The van der Waals surface area contributed by atoms with Crippen LogP contribution in [0.3, 0.4) is 0 Å². The molecule has 0 aromatic heterocycles. The van der Waals surface area contributed by atoms with Crippen molar-refractivity contribution in [2.75, 3.05) is 7.11 Å². The number of nitrogens with one attached hydrogen (secondary N) is 1. The second-order valence-corrected chi connectivity index (χ2v) is 4.67. The van der Waals surface area contributed by atoms with Gasteiger partial charge in [0, 0.05) is 0 Å². The number of methoxy groups -OCH3 is 1. The molecule has 1 aromatic carbocycles. The maximum absolute atomic E-state index is 12.8. The van der Waals surface area contributed by atoms with Crippen molar-refractivity contribution in [3.63, 3.8) is 0 Å². The Balaban J connectivity index is 2.56. The topological polar surface area (TPSA) is 55.4 Å². The molecule has 0 fully saturated rings. The van der Waals surface area contributed by atoms with Gasteiger partial charge in [0.1, 0.15) is 11.9 Å². The van der Waals surface area contributed by atoms with Crippen LogP contribution in [0.4, 0.5) is 4.39 Å². The first-order chi connectivity index (χ1) is 10.1. The number of carbonyl (C=O) groups excluding carboxylic acids is 2. The zero-order valence-electron chi connectivity index (χ0n) is 12.1. The second-order valence-electron chi connectivity index (χ2n) is 4.67. The Kier molecular flexibility index (Phi) is 7.15. The molecular formula is C16H20FNO3. The van der Waals surface area contributed by atoms with E-state index in [1.165, 1.54) is 19.2 Å². The first-order valence-corrected chi connectivity index (χ1v) is 6.79. The van der Waals surface area contributed by atoms with Crippen molar-refractivity contribution >= 4 is 11.9 Å². The van der Waals surface area contributed by atoms with Crippen LogP contribution in [0.2, 0.25) is 0 Å². The van der Waals surface area contributed by atoms with Crippen LogP contribution in [-0.2, 0) is 20.7 Å². The molecule has 0 aliphatic carbocycles. The highest BCUT2D eigenvalue weighted by molar-refractivity contribution is 5.85. The Hall–Kier alpha value is -2.17. The number of unbranched alkanes of at least 4 members (excludes halogenated alkanes) is 1. The molecule has 21 heavy (non-hydrogen) atoms. The van der Waals surface area contributed by atoms with E-state index >= 15 is 0 Å². The minimum Gasteiger partial charge on any atom is -0.467 e. The quantitative estimate of drug-likeness (QED) is 0.455. The van der Waals surface area contributed by atoms with E-state index in [0.717, 1.165) is 12.8 Å². The van der Waals surface area contributed by atoms with Gasteiger partial charge in [-0.05, 0) is 37.0 Å². The third-order valence-corrected chi connectivity index (χ3v) is 3.00.